The number of aryl methyl sites for hydroxylation is 1. The SMILES string of the molecule is C=CC(=O)[C@H](C[C@@H]1CCNC1=O)NC(=O)[C@@H]1[C@@H]2[C@H](CN1C(=O)[C@@H](NC(=O)c1cc3c(C)cccc3[nH]1)C1CC1)C2(C)C. The van der Waals surface area contributed by atoms with Gasteiger partial charge in [-0.2, -0.15) is 0 Å². The number of carbonyl (C=O) groups is 5. The topological polar surface area (TPSA) is 140 Å². The number of hydrogen-bond acceptors (Lipinski definition) is 5. The zero-order valence-electron chi connectivity index (χ0n) is 24.4. The van der Waals surface area contributed by atoms with E-state index in [1.807, 2.05) is 25.1 Å². The normalized spacial score (nSPS) is 27.1. The average Bonchev–Trinajstić information content (AvgIpc) is 3.62. The summed E-state index contributed by atoms with van der Waals surface area (Å²) in [5.74, 6) is -1.75. The molecule has 6 atom stereocenters. The Kier molecular flexibility index (Phi) is 6.98. The molecule has 2 saturated carbocycles. The average molecular weight is 574 g/mol. The van der Waals surface area contributed by atoms with Gasteiger partial charge in [0.05, 0.1) is 6.04 Å². The van der Waals surface area contributed by atoms with Crippen molar-refractivity contribution in [2.45, 2.75) is 64.6 Å². The van der Waals surface area contributed by atoms with E-state index < -0.39 is 24.0 Å². The highest BCUT2D eigenvalue weighted by Gasteiger charge is 2.70. The van der Waals surface area contributed by atoms with Gasteiger partial charge in [-0.15, -0.1) is 0 Å². The van der Waals surface area contributed by atoms with Crippen molar-refractivity contribution >= 4 is 40.3 Å². The predicted octanol–water partition coefficient (Wildman–Crippen LogP) is 2.23. The van der Waals surface area contributed by atoms with Crippen LogP contribution in [-0.4, -0.2) is 70.5 Å². The number of nitrogens with zero attached hydrogens (tertiary/aromatic N) is 1. The molecule has 1 aromatic heterocycles. The molecule has 42 heavy (non-hydrogen) atoms. The summed E-state index contributed by atoms with van der Waals surface area (Å²) in [6, 6.07) is 5.22. The Bertz CT molecular complexity index is 1490. The third-order valence-corrected chi connectivity index (χ3v) is 10.1. The summed E-state index contributed by atoms with van der Waals surface area (Å²) < 4.78 is 0. The fourth-order valence-electron chi connectivity index (χ4n) is 7.25. The minimum absolute atomic E-state index is 0.0113. The summed E-state index contributed by atoms with van der Waals surface area (Å²) in [5, 5.41) is 9.59. The van der Waals surface area contributed by atoms with Crippen molar-refractivity contribution < 1.29 is 24.0 Å². The number of likely N-dealkylation sites (tertiary alicyclic amines) is 1. The lowest BCUT2D eigenvalue weighted by Gasteiger charge is -2.34. The Morgan fingerprint density at radius 3 is 2.57 bits per heavy atom. The maximum absolute atomic E-state index is 14.1. The van der Waals surface area contributed by atoms with E-state index in [0.717, 1.165) is 29.3 Å². The summed E-state index contributed by atoms with van der Waals surface area (Å²) in [5.41, 5.74) is 2.17. The van der Waals surface area contributed by atoms with Crippen molar-refractivity contribution in [2.75, 3.05) is 13.1 Å². The van der Waals surface area contributed by atoms with E-state index >= 15 is 0 Å². The zero-order chi connectivity index (χ0) is 29.9. The van der Waals surface area contributed by atoms with Gasteiger partial charge in [-0.05, 0) is 79.5 Å². The zero-order valence-corrected chi connectivity index (χ0v) is 24.4. The van der Waals surface area contributed by atoms with Crippen LogP contribution in [0.15, 0.2) is 36.9 Å². The van der Waals surface area contributed by atoms with Gasteiger partial charge in [0, 0.05) is 29.9 Å². The number of aromatic amines is 1. The first-order valence-electron chi connectivity index (χ1n) is 14.9. The molecular formula is C32H39N5O5. The maximum Gasteiger partial charge on any atom is 0.268 e. The molecule has 2 saturated heterocycles. The number of nitrogens with one attached hydrogen (secondary N) is 4. The molecule has 4 N–H and O–H groups in total. The smallest absolute Gasteiger partial charge is 0.268 e. The number of hydrogen-bond donors (Lipinski definition) is 4. The summed E-state index contributed by atoms with van der Waals surface area (Å²) in [6.07, 6.45) is 3.60. The van der Waals surface area contributed by atoms with E-state index in [0.29, 0.717) is 25.2 Å². The molecule has 4 amide bonds. The number of aromatic nitrogens is 1. The van der Waals surface area contributed by atoms with E-state index in [-0.39, 0.29) is 59.0 Å². The van der Waals surface area contributed by atoms with E-state index in [9.17, 15) is 24.0 Å². The lowest BCUT2D eigenvalue weighted by Crippen LogP contribution is -2.58. The second-order valence-corrected chi connectivity index (χ2v) is 13.1. The van der Waals surface area contributed by atoms with Crippen LogP contribution in [0, 0.1) is 36.0 Å². The van der Waals surface area contributed by atoms with Gasteiger partial charge in [0.2, 0.25) is 17.7 Å². The number of carbonyl (C=O) groups excluding carboxylic acids is 5. The second-order valence-electron chi connectivity index (χ2n) is 13.1. The van der Waals surface area contributed by atoms with Crippen molar-refractivity contribution in [3.8, 4) is 0 Å². The van der Waals surface area contributed by atoms with Crippen molar-refractivity contribution in [3.05, 3.63) is 48.2 Å². The van der Waals surface area contributed by atoms with Crippen molar-refractivity contribution in [2.24, 2.45) is 29.1 Å². The Labute approximate surface area is 245 Å². The molecule has 10 heteroatoms. The molecule has 222 valence electrons. The lowest BCUT2D eigenvalue weighted by molar-refractivity contribution is -0.142. The molecule has 6 rings (SSSR count). The number of ketones is 1. The quantitative estimate of drug-likeness (QED) is 0.323. The Morgan fingerprint density at radius 1 is 1.17 bits per heavy atom. The Morgan fingerprint density at radius 2 is 1.93 bits per heavy atom. The van der Waals surface area contributed by atoms with Crippen LogP contribution < -0.4 is 16.0 Å². The summed E-state index contributed by atoms with van der Waals surface area (Å²) in [7, 11) is 0. The maximum atomic E-state index is 14.1. The molecule has 0 spiro atoms. The first-order valence-corrected chi connectivity index (χ1v) is 14.9. The van der Waals surface area contributed by atoms with Crippen LogP contribution in [0.1, 0.15) is 55.6 Å². The Hall–Kier alpha value is -3.95. The van der Waals surface area contributed by atoms with Crippen LogP contribution in [0.3, 0.4) is 0 Å². The van der Waals surface area contributed by atoms with Gasteiger partial charge >= 0.3 is 0 Å². The Balaban J connectivity index is 1.21. The molecule has 2 aromatic rings. The predicted molar refractivity (Wildman–Crippen MR) is 156 cm³/mol. The molecule has 0 bridgehead atoms. The van der Waals surface area contributed by atoms with Crippen LogP contribution in [0.2, 0.25) is 0 Å². The van der Waals surface area contributed by atoms with Gasteiger partial charge < -0.3 is 25.8 Å². The summed E-state index contributed by atoms with van der Waals surface area (Å²) >= 11 is 0. The third-order valence-electron chi connectivity index (χ3n) is 10.1. The number of rotatable bonds is 10. The molecule has 2 aliphatic heterocycles. The van der Waals surface area contributed by atoms with E-state index in [4.69, 9.17) is 0 Å². The minimum atomic E-state index is -0.897. The monoisotopic (exact) mass is 573 g/mol. The number of amides is 4. The highest BCUT2D eigenvalue weighted by Crippen LogP contribution is 2.65. The summed E-state index contributed by atoms with van der Waals surface area (Å²) in [6.45, 7) is 10.7. The molecule has 1 aromatic carbocycles. The van der Waals surface area contributed by atoms with Gasteiger partial charge in [0.1, 0.15) is 17.8 Å². The molecule has 4 aliphatic rings. The molecule has 4 fully saturated rings. The van der Waals surface area contributed by atoms with Crippen LogP contribution in [-0.2, 0) is 19.2 Å². The molecular weight excluding hydrogens is 534 g/mol. The largest absolute Gasteiger partial charge is 0.356 e. The number of benzene rings is 1. The van der Waals surface area contributed by atoms with Gasteiger partial charge in [0.15, 0.2) is 5.78 Å². The fraction of sp³-hybridized carbons (Fsp3) is 0.531. The molecule has 10 nitrogen and oxygen atoms in total. The van der Waals surface area contributed by atoms with Gasteiger partial charge in [-0.3, -0.25) is 24.0 Å². The third kappa shape index (κ3) is 4.90. The van der Waals surface area contributed by atoms with Crippen molar-refractivity contribution in [1.82, 2.24) is 25.8 Å². The van der Waals surface area contributed by atoms with Crippen molar-refractivity contribution in [3.63, 3.8) is 0 Å². The summed E-state index contributed by atoms with van der Waals surface area (Å²) in [4.78, 5) is 71.0. The number of fused-ring (bicyclic) bond motifs is 2. The minimum Gasteiger partial charge on any atom is -0.356 e. The van der Waals surface area contributed by atoms with E-state index in [1.165, 1.54) is 6.08 Å². The van der Waals surface area contributed by atoms with Gasteiger partial charge in [-0.25, -0.2) is 0 Å². The molecule has 3 heterocycles. The standard InChI is InChI=1S/C32H39N5O5/c1-5-24(38)22(13-18-11-12-33-28(18)39)35-30(41)27-25-20(32(25,3)4)15-37(27)31(42)26(17-9-10-17)36-29(40)23-14-19-16(2)7-6-8-21(19)34-23/h5-8,14,17-18,20,22,25-27,34H,1,9-13,15H2,2-4H3,(H,33,39)(H,35,41)(H,36,40)/t18-,20-,22-,25-,26-,27-/m0/s1. The molecule has 0 radical (unpaired) electrons. The molecule has 2 aliphatic carbocycles. The number of H-pyrrole nitrogens is 1. The fourth-order valence-corrected chi connectivity index (χ4v) is 7.25. The van der Waals surface area contributed by atoms with E-state index in [1.54, 1.807) is 11.0 Å². The highest BCUT2D eigenvalue weighted by atomic mass is 16.2. The second kappa shape index (κ2) is 10.4. The van der Waals surface area contributed by atoms with Crippen LogP contribution in [0.5, 0.6) is 0 Å². The first kappa shape index (κ1) is 28.2. The van der Waals surface area contributed by atoms with Gasteiger partial charge in [0.25, 0.3) is 5.91 Å². The first-order chi connectivity index (χ1) is 20.0. The van der Waals surface area contributed by atoms with Crippen molar-refractivity contribution in [1.29, 1.82) is 0 Å². The number of piperidine rings is 1. The van der Waals surface area contributed by atoms with Crippen LogP contribution in [0.25, 0.3) is 10.9 Å². The van der Waals surface area contributed by atoms with Gasteiger partial charge in [-0.1, -0.05) is 32.6 Å². The molecule has 0 unspecified atom stereocenters. The lowest BCUT2D eigenvalue weighted by atomic mass is 9.94. The van der Waals surface area contributed by atoms with E-state index in [2.05, 4.69) is 41.4 Å². The van der Waals surface area contributed by atoms with Crippen LogP contribution >= 0.6 is 0 Å². The van der Waals surface area contributed by atoms with Crippen LogP contribution in [0.4, 0.5) is 0 Å². The highest BCUT2D eigenvalue weighted by molar-refractivity contribution is 6.02.